The minimum atomic E-state index is -4.68. The number of amides is 1. The maximum absolute atomic E-state index is 11.9. The molecule has 4 nitrogen and oxygen atoms in total. The Morgan fingerprint density at radius 2 is 1.89 bits per heavy atom. The van der Waals surface area contributed by atoms with Crippen molar-refractivity contribution in [3.8, 4) is 5.75 Å². The zero-order chi connectivity index (χ0) is 14.3. The van der Waals surface area contributed by atoms with Crippen LogP contribution in [0.5, 0.6) is 5.75 Å². The topological polar surface area (TPSA) is 50.4 Å². The summed E-state index contributed by atoms with van der Waals surface area (Å²) >= 11 is 0. The number of halogens is 3. The average Bonchev–Trinajstić information content (AvgIpc) is 2.30. The third-order valence-corrected chi connectivity index (χ3v) is 2.15. The van der Waals surface area contributed by atoms with E-state index in [9.17, 15) is 18.0 Å². The van der Waals surface area contributed by atoms with E-state index in [1.807, 2.05) is 6.92 Å². The molecule has 0 radical (unpaired) electrons. The van der Waals surface area contributed by atoms with E-state index < -0.39 is 6.36 Å². The summed E-state index contributed by atoms with van der Waals surface area (Å²) in [5, 5.41) is 5.50. The lowest BCUT2D eigenvalue weighted by Crippen LogP contribution is -2.33. The van der Waals surface area contributed by atoms with E-state index in [1.54, 1.807) is 0 Å². The van der Waals surface area contributed by atoms with Crippen molar-refractivity contribution < 1.29 is 22.7 Å². The van der Waals surface area contributed by atoms with Crippen molar-refractivity contribution in [1.29, 1.82) is 0 Å². The summed E-state index contributed by atoms with van der Waals surface area (Å²) in [6.07, 6.45) is -4.68. The molecule has 0 heterocycles. The van der Waals surface area contributed by atoms with Crippen molar-refractivity contribution in [1.82, 2.24) is 10.6 Å². The van der Waals surface area contributed by atoms with Crippen LogP contribution >= 0.6 is 0 Å². The maximum atomic E-state index is 11.9. The quantitative estimate of drug-likeness (QED) is 0.833. The van der Waals surface area contributed by atoms with Gasteiger partial charge in [0.15, 0.2) is 0 Å². The van der Waals surface area contributed by atoms with E-state index >= 15 is 0 Å². The summed E-state index contributed by atoms with van der Waals surface area (Å²) in [7, 11) is 0. The molecule has 7 heteroatoms. The smallest absolute Gasteiger partial charge is 0.406 e. The van der Waals surface area contributed by atoms with Gasteiger partial charge in [-0.15, -0.1) is 13.2 Å². The highest BCUT2D eigenvalue weighted by atomic mass is 19.4. The zero-order valence-corrected chi connectivity index (χ0v) is 10.4. The molecule has 1 rings (SSSR count). The average molecular weight is 276 g/mol. The Morgan fingerprint density at radius 3 is 2.42 bits per heavy atom. The normalized spacial score (nSPS) is 11.2. The molecule has 0 saturated heterocycles. The highest BCUT2D eigenvalue weighted by molar-refractivity contribution is 5.77. The number of nitrogens with one attached hydrogen (secondary N) is 2. The van der Waals surface area contributed by atoms with Gasteiger partial charge in [0.2, 0.25) is 5.91 Å². The first-order valence-corrected chi connectivity index (χ1v) is 5.73. The largest absolute Gasteiger partial charge is 0.573 e. The van der Waals surface area contributed by atoms with Gasteiger partial charge in [0.25, 0.3) is 0 Å². The Labute approximate surface area is 108 Å². The highest BCUT2D eigenvalue weighted by Gasteiger charge is 2.30. The van der Waals surface area contributed by atoms with E-state index in [-0.39, 0.29) is 18.2 Å². The standard InChI is InChI=1S/C12H15F3N2O2/c1-2-17-11(18)8-16-7-9-3-5-10(6-4-9)19-12(13,14)15/h3-6,16H,2,7-8H2,1H3,(H,17,18). The van der Waals surface area contributed by atoms with Crippen molar-refractivity contribution in [2.45, 2.75) is 19.8 Å². The summed E-state index contributed by atoms with van der Waals surface area (Å²) in [5.41, 5.74) is 0.763. The Hall–Kier alpha value is -1.76. The van der Waals surface area contributed by atoms with Crippen LogP contribution in [0.15, 0.2) is 24.3 Å². The Morgan fingerprint density at radius 1 is 1.26 bits per heavy atom. The molecule has 0 saturated carbocycles. The van der Waals surface area contributed by atoms with Crippen LogP contribution in [-0.4, -0.2) is 25.4 Å². The SMILES string of the molecule is CCNC(=O)CNCc1ccc(OC(F)(F)F)cc1. The minimum absolute atomic E-state index is 0.125. The Balaban J connectivity index is 2.38. The van der Waals surface area contributed by atoms with Crippen molar-refractivity contribution >= 4 is 5.91 Å². The third kappa shape index (κ3) is 6.66. The Bertz CT molecular complexity index is 404. The zero-order valence-electron chi connectivity index (χ0n) is 10.4. The number of alkyl halides is 3. The van der Waals surface area contributed by atoms with E-state index in [0.29, 0.717) is 13.1 Å². The van der Waals surface area contributed by atoms with Gasteiger partial charge in [-0.3, -0.25) is 4.79 Å². The number of ether oxygens (including phenoxy) is 1. The molecular weight excluding hydrogens is 261 g/mol. The minimum Gasteiger partial charge on any atom is -0.406 e. The molecule has 2 N–H and O–H groups in total. The molecule has 0 atom stereocenters. The predicted octanol–water partition coefficient (Wildman–Crippen LogP) is 1.81. The second-order valence-electron chi connectivity index (χ2n) is 3.75. The third-order valence-electron chi connectivity index (χ3n) is 2.15. The van der Waals surface area contributed by atoms with E-state index in [0.717, 1.165) is 5.56 Å². The second-order valence-corrected chi connectivity index (χ2v) is 3.75. The predicted molar refractivity (Wildman–Crippen MR) is 63.5 cm³/mol. The number of carbonyl (C=O) groups is 1. The van der Waals surface area contributed by atoms with Gasteiger partial charge in [-0.1, -0.05) is 12.1 Å². The van der Waals surface area contributed by atoms with Crippen molar-refractivity contribution in [3.63, 3.8) is 0 Å². The Kier molecular flexibility index (Phi) is 5.62. The lowest BCUT2D eigenvalue weighted by atomic mass is 10.2. The lowest BCUT2D eigenvalue weighted by Gasteiger charge is -2.09. The van der Waals surface area contributed by atoms with Gasteiger partial charge in [-0.2, -0.15) is 0 Å². The maximum Gasteiger partial charge on any atom is 0.573 e. The van der Waals surface area contributed by atoms with Crippen LogP contribution in [0.3, 0.4) is 0 Å². The first kappa shape index (κ1) is 15.3. The first-order chi connectivity index (χ1) is 8.90. The number of hydrogen-bond donors (Lipinski definition) is 2. The van der Waals surface area contributed by atoms with Crippen molar-refractivity contribution in [2.75, 3.05) is 13.1 Å². The summed E-state index contributed by atoms with van der Waals surface area (Å²) < 4.78 is 39.5. The second kappa shape index (κ2) is 6.98. The molecular formula is C12H15F3N2O2. The number of rotatable bonds is 6. The van der Waals surface area contributed by atoms with Crippen molar-refractivity contribution in [3.05, 3.63) is 29.8 Å². The van der Waals surface area contributed by atoms with Crippen molar-refractivity contribution in [2.24, 2.45) is 0 Å². The lowest BCUT2D eigenvalue weighted by molar-refractivity contribution is -0.274. The number of likely N-dealkylation sites (N-methyl/N-ethyl adjacent to an activating group) is 1. The molecule has 0 spiro atoms. The van der Waals surface area contributed by atoms with Crippen LogP contribution in [0.2, 0.25) is 0 Å². The van der Waals surface area contributed by atoms with Crippen LogP contribution in [-0.2, 0) is 11.3 Å². The highest BCUT2D eigenvalue weighted by Crippen LogP contribution is 2.22. The molecule has 1 aromatic carbocycles. The van der Waals surface area contributed by atoms with Crippen LogP contribution in [0.25, 0.3) is 0 Å². The fourth-order valence-electron chi connectivity index (χ4n) is 1.39. The van der Waals surface area contributed by atoms with Crippen LogP contribution in [0.1, 0.15) is 12.5 Å². The summed E-state index contributed by atoms with van der Waals surface area (Å²) in [6.45, 7) is 2.93. The van der Waals surface area contributed by atoms with Gasteiger partial charge in [0, 0.05) is 13.1 Å². The molecule has 1 aromatic rings. The number of carbonyl (C=O) groups excluding carboxylic acids is 1. The first-order valence-electron chi connectivity index (χ1n) is 5.73. The van der Waals surface area contributed by atoms with E-state index in [2.05, 4.69) is 15.4 Å². The van der Waals surface area contributed by atoms with Crippen LogP contribution in [0.4, 0.5) is 13.2 Å². The summed E-state index contributed by atoms with van der Waals surface area (Å²) in [6, 6.07) is 5.48. The fraction of sp³-hybridized carbons (Fsp3) is 0.417. The van der Waals surface area contributed by atoms with Crippen LogP contribution < -0.4 is 15.4 Å². The molecule has 0 unspecified atom stereocenters. The number of benzene rings is 1. The summed E-state index contributed by atoms with van der Waals surface area (Å²) in [4.78, 5) is 11.1. The molecule has 0 aliphatic heterocycles. The molecule has 0 aliphatic carbocycles. The fourth-order valence-corrected chi connectivity index (χ4v) is 1.39. The van der Waals surface area contributed by atoms with Gasteiger partial charge in [0.05, 0.1) is 6.54 Å². The van der Waals surface area contributed by atoms with Crippen LogP contribution in [0, 0.1) is 0 Å². The molecule has 1 amide bonds. The molecule has 0 bridgehead atoms. The van der Waals surface area contributed by atoms with Gasteiger partial charge in [-0.25, -0.2) is 0 Å². The van der Waals surface area contributed by atoms with Gasteiger partial charge in [0.1, 0.15) is 5.75 Å². The molecule has 0 fully saturated rings. The van der Waals surface area contributed by atoms with Gasteiger partial charge < -0.3 is 15.4 Å². The van der Waals surface area contributed by atoms with Gasteiger partial charge >= 0.3 is 6.36 Å². The molecule has 106 valence electrons. The number of hydrogen-bond acceptors (Lipinski definition) is 3. The summed E-state index contributed by atoms with van der Waals surface area (Å²) in [5.74, 6) is -0.389. The van der Waals surface area contributed by atoms with E-state index in [4.69, 9.17) is 0 Å². The monoisotopic (exact) mass is 276 g/mol. The van der Waals surface area contributed by atoms with Gasteiger partial charge in [-0.05, 0) is 24.6 Å². The molecule has 0 aliphatic rings. The van der Waals surface area contributed by atoms with E-state index in [1.165, 1.54) is 24.3 Å². The molecule has 19 heavy (non-hydrogen) atoms. The molecule has 0 aromatic heterocycles.